The Bertz CT molecular complexity index is 495. The number of nitrogens with two attached hydrogens (primary N) is 1. The highest BCUT2D eigenvalue weighted by Crippen LogP contribution is 2.10. The number of hydrogen-bond donors (Lipinski definition) is 2. The summed E-state index contributed by atoms with van der Waals surface area (Å²) < 4.78 is 0. The summed E-state index contributed by atoms with van der Waals surface area (Å²) in [6.07, 6.45) is 4.40. The molecule has 1 aliphatic rings. The van der Waals surface area contributed by atoms with Gasteiger partial charge in [-0.2, -0.15) is 0 Å². The molecule has 1 saturated heterocycles. The molecular formula is C16H25IN4O. The summed E-state index contributed by atoms with van der Waals surface area (Å²) >= 11 is 0. The number of halogens is 1. The summed E-state index contributed by atoms with van der Waals surface area (Å²) in [5, 5.41) is 3.01. The topological polar surface area (TPSA) is 70.7 Å². The van der Waals surface area contributed by atoms with E-state index >= 15 is 0 Å². The average Bonchev–Trinajstić information content (AvgIpc) is 2.54. The Hall–Kier alpha value is -1.31. The maximum atomic E-state index is 12.0. The molecule has 0 atom stereocenters. The van der Waals surface area contributed by atoms with E-state index in [0.717, 1.165) is 38.0 Å². The zero-order valence-corrected chi connectivity index (χ0v) is 15.4. The van der Waals surface area contributed by atoms with Crippen molar-refractivity contribution in [1.29, 1.82) is 0 Å². The van der Waals surface area contributed by atoms with Crippen LogP contribution in [0.15, 0.2) is 29.3 Å². The SMILES string of the molecule is CCc1ccc(NC(N)=NCC(=O)N2CCCCC2)cc1.I. The first-order chi connectivity index (χ1) is 10.2. The number of rotatable bonds is 4. The van der Waals surface area contributed by atoms with Crippen LogP contribution in [0, 0.1) is 0 Å². The van der Waals surface area contributed by atoms with Gasteiger partial charge in [-0.25, -0.2) is 4.99 Å². The molecule has 0 saturated carbocycles. The fourth-order valence-corrected chi connectivity index (χ4v) is 2.41. The highest BCUT2D eigenvalue weighted by molar-refractivity contribution is 14.0. The molecule has 5 nitrogen and oxygen atoms in total. The second-order valence-electron chi connectivity index (χ2n) is 5.32. The molecule has 0 radical (unpaired) electrons. The number of nitrogens with zero attached hydrogens (tertiary/aromatic N) is 2. The number of carbonyl (C=O) groups excluding carboxylic acids is 1. The molecule has 1 amide bonds. The summed E-state index contributed by atoms with van der Waals surface area (Å²) in [5.41, 5.74) is 7.98. The maximum Gasteiger partial charge on any atom is 0.244 e. The Kier molecular flexibility index (Phi) is 8.22. The van der Waals surface area contributed by atoms with Crippen molar-refractivity contribution in [2.24, 2.45) is 10.7 Å². The van der Waals surface area contributed by atoms with E-state index in [9.17, 15) is 4.79 Å². The van der Waals surface area contributed by atoms with Crippen LogP contribution in [-0.4, -0.2) is 36.4 Å². The van der Waals surface area contributed by atoms with Crippen LogP contribution in [0.2, 0.25) is 0 Å². The van der Waals surface area contributed by atoms with Gasteiger partial charge in [-0.1, -0.05) is 19.1 Å². The molecule has 1 heterocycles. The van der Waals surface area contributed by atoms with E-state index < -0.39 is 0 Å². The third-order valence-corrected chi connectivity index (χ3v) is 3.73. The average molecular weight is 416 g/mol. The minimum atomic E-state index is 0. The molecule has 1 aromatic carbocycles. The number of aryl methyl sites for hydroxylation is 1. The molecule has 122 valence electrons. The van der Waals surface area contributed by atoms with Crippen molar-refractivity contribution in [2.45, 2.75) is 32.6 Å². The number of hydrogen-bond acceptors (Lipinski definition) is 2. The van der Waals surface area contributed by atoms with Gasteiger partial charge in [-0.15, -0.1) is 24.0 Å². The molecule has 2 rings (SSSR count). The highest BCUT2D eigenvalue weighted by Gasteiger charge is 2.15. The number of likely N-dealkylation sites (tertiary alicyclic amines) is 1. The smallest absolute Gasteiger partial charge is 0.244 e. The molecular weight excluding hydrogens is 391 g/mol. The van der Waals surface area contributed by atoms with Gasteiger partial charge in [0, 0.05) is 18.8 Å². The summed E-state index contributed by atoms with van der Waals surface area (Å²) in [6.45, 7) is 3.93. The van der Waals surface area contributed by atoms with E-state index in [1.54, 1.807) is 0 Å². The van der Waals surface area contributed by atoms with Crippen molar-refractivity contribution in [1.82, 2.24) is 4.90 Å². The lowest BCUT2D eigenvalue weighted by molar-refractivity contribution is -0.130. The predicted octanol–water partition coefficient (Wildman–Crippen LogP) is 2.61. The molecule has 1 aromatic rings. The van der Waals surface area contributed by atoms with Crippen molar-refractivity contribution in [2.75, 3.05) is 25.0 Å². The fourth-order valence-electron chi connectivity index (χ4n) is 2.41. The Labute approximate surface area is 149 Å². The number of guanidine groups is 1. The number of benzene rings is 1. The second kappa shape index (κ2) is 9.66. The van der Waals surface area contributed by atoms with Crippen molar-refractivity contribution >= 4 is 41.5 Å². The first-order valence-electron chi connectivity index (χ1n) is 7.62. The lowest BCUT2D eigenvalue weighted by Crippen LogP contribution is -2.37. The van der Waals surface area contributed by atoms with Gasteiger partial charge in [0.15, 0.2) is 5.96 Å². The van der Waals surface area contributed by atoms with Crippen LogP contribution in [0.25, 0.3) is 0 Å². The van der Waals surface area contributed by atoms with Crippen LogP contribution in [0.4, 0.5) is 5.69 Å². The van der Waals surface area contributed by atoms with Crippen molar-refractivity contribution < 1.29 is 4.79 Å². The standard InChI is InChI=1S/C16H24N4O.HI/c1-2-13-6-8-14(9-7-13)19-16(17)18-12-15(21)20-10-4-3-5-11-20;/h6-9H,2-5,10-12H2,1H3,(H3,17,18,19);1H. The van der Waals surface area contributed by atoms with Crippen LogP contribution < -0.4 is 11.1 Å². The monoisotopic (exact) mass is 416 g/mol. The maximum absolute atomic E-state index is 12.0. The van der Waals surface area contributed by atoms with Crippen molar-refractivity contribution in [3.05, 3.63) is 29.8 Å². The summed E-state index contributed by atoms with van der Waals surface area (Å²) in [7, 11) is 0. The van der Waals surface area contributed by atoms with Gasteiger partial charge in [0.1, 0.15) is 6.54 Å². The number of piperidine rings is 1. The zero-order chi connectivity index (χ0) is 15.1. The van der Waals surface area contributed by atoms with Gasteiger partial charge in [0.25, 0.3) is 0 Å². The number of anilines is 1. The van der Waals surface area contributed by atoms with Crippen LogP contribution in [0.5, 0.6) is 0 Å². The lowest BCUT2D eigenvalue weighted by atomic mass is 10.1. The van der Waals surface area contributed by atoms with Gasteiger partial charge >= 0.3 is 0 Å². The van der Waals surface area contributed by atoms with E-state index in [0.29, 0.717) is 0 Å². The molecule has 0 bridgehead atoms. The summed E-state index contributed by atoms with van der Waals surface area (Å²) in [4.78, 5) is 18.0. The number of carbonyl (C=O) groups is 1. The second-order valence-corrected chi connectivity index (χ2v) is 5.32. The quantitative estimate of drug-likeness (QED) is 0.451. The largest absolute Gasteiger partial charge is 0.370 e. The normalized spacial score (nSPS) is 15.1. The van der Waals surface area contributed by atoms with Gasteiger partial charge in [0.05, 0.1) is 0 Å². The van der Waals surface area contributed by atoms with E-state index in [4.69, 9.17) is 5.73 Å². The molecule has 0 unspecified atom stereocenters. The predicted molar refractivity (Wildman–Crippen MR) is 102 cm³/mol. The van der Waals surface area contributed by atoms with E-state index in [1.807, 2.05) is 17.0 Å². The summed E-state index contributed by atoms with van der Waals surface area (Å²) in [5.74, 6) is 0.338. The third-order valence-electron chi connectivity index (χ3n) is 3.73. The number of amides is 1. The van der Waals surface area contributed by atoms with E-state index in [-0.39, 0.29) is 42.4 Å². The molecule has 0 spiro atoms. The first-order valence-corrected chi connectivity index (χ1v) is 7.62. The van der Waals surface area contributed by atoms with Crippen LogP contribution in [0.3, 0.4) is 0 Å². The Balaban J connectivity index is 0.00000242. The molecule has 22 heavy (non-hydrogen) atoms. The minimum Gasteiger partial charge on any atom is -0.370 e. The van der Waals surface area contributed by atoms with Crippen molar-refractivity contribution in [3.63, 3.8) is 0 Å². The van der Waals surface area contributed by atoms with Crippen LogP contribution in [0.1, 0.15) is 31.7 Å². The van der Waals surface area contributed by atoms with E-state index in [2.05, 4.69) is 29.4 Å². The number of nitrogens with one attached hydrogen (secondary N) is 1. The van der Waals surface area contributed by atoms with Gasteiger partial charge in [-0.3, -0.25) is 4.79 Å². The Morgan fingerprint density at radius 1 is 1.23 bits per heavy atom. The highest BCUT2D eigenvalue weighted by atomic mass is 127. The number of aliphatic imine (C=N–C) groups is 1. The lowest BCUT2D eigenvalue weighted by Gasteiger charge is -2.26. The van der Waals surface area contributed by atoms with Gasteiger partial charge in [0.2, 0.25) is 5.91 Å². The Morgan fingerprint density at radius 3 is 2.45 bits per heavy atom. The molecule has 1 aliphatic heterocycles. The van der Waals surface area contributed by atoms with Gasteiger partial charge < -0.3 is 16.0 Å². The van der Waals surface area contributed by atoms with E-state index in [1.165, 1.54) is 12.0 Å². The van der Waals surface area contributed by atoms with Crippen LogP contribution >= 0.6 is 24.0 Å². The molecule has 6 heteroatoms. The molecule has 0 aliphatic carbocycles. The molecule has 3 N–H and O–H groups in total. The third kappa shape index (κ3) is 5.82. The summed E-state index contributed by atoms with van der Waals surface area (Å²) in [6, 6.07) is 8.03. The molecule has 0 aromatic heterocycles. The molecule has 1 fully saturated rings. The van der Waals surface area contributed by atoms with Crippen molar-refractivity contribution in [3.8, 4) is 0 Å². The van der Waals surface area contributed by atoms with Gasteiger partial charge in [-0.05, 0) is 43.4 Å². The minimum absolute atomic E-state index is 0. The Morgan fingerprint density at radius 2 is 1.86 bits per heavy atom. The fraction of sp³-hybridized carbons (Fsp3) is 0.500. The van der Waals surface area contributed by atoms with Crippen LogP contribution in [-0.2, 0) is 11.2 Å². The zero-order valence-electron chi connectivity index (χ0n) is 13.0. The first kappa shape index (κ1) is 18.7.